The molecule has 1 aliphatic rings. The van der Waals surface area contributed by atoms with E-state index in [1.807, 2.05) is 13.8 Å². The van der Waals surface area contributed by atoms with Gasteiger partial charge in [-0.3, -0.25) is 9.59 Å². The Labute approximate surface area is 72.5 Å². The number of rotatable bonds is 2. The Balaban J connectivity index is 3.13. The van der Waals surface area contributed by atoms with Gasteiger partial charge in [-0.05, 0) is 11.5 Å². The third-order valence-corrected chi connectivity index (χ3v) is 5.87. The highest BCUT2D eigenvalue weighted by Gasteiger charge is 2.43. The molecule has 0 spiro atoms. The van der Waals surface area contributed by atoms with Crippen LogP contribution >= 0.6 is 10.0 Å². The van der Waals surface area contributed by atoms with Crippen LogP contribution in [0.25, 0.3) is 0 Å². The van der Waals surface area contributed by atoms with Crippen molar-refractivity contribution in [2.24, 2.45) is 10.7 Å². The zero-order valence-electron chi connectivity index (χ0n) is 7.16. The van der Waals surface area contributed by atoms with E-state index in [-0.39, 0.29) is 10.3 Å². The summed E-state index contributed by atoms with van der Waals surface area (Å²) >= 11 is 0. The highest BCUT2D eigenvalue weighted by atomic mass is 32.3. The van der Waals surface area contributed by atoms with Crippen molar-refractivity contribution in [1.29, 1.82) is 0 Å². The van der Waals surface area contributed by atoms with E-state index in [1.165, 1.54) is 0 Å². The summed E-state index contributed by atoms with van der Waals surface area (Å²) in [6.07, 6.45) is 0. The number of nitrogens with zero attached hydrogens (tertiary/aromatic N) is 1. The van der Waals surface area contributed by atoms with E-state index in [0.717, 1.165) is 0 Å². The van der Waals surface area contributed by atoms with E-state index in [1.54, 1.807) is 0 Å². The molecule has 0 aromatic heterocycles. The number of carbonyl (C=O) groups excluding carboxylic acids is 2. The Morgan fingerprint density at radius 2 is 1.83 bits per heavy atom. The fraction of sp³-hybridized carbons (Fsp3) is 0.571. The summed E-state index contributed by atoms with van der Waals surface area (Å²) < 4.78 is 0. The Kier molecular flexibility index (Phi) is 2.23. The maximum atomic E-state index is 11.4. The lowest BCUT2D eigenvalue weighted by Crippen LogP contribution is -2.27. The van der Waals surface area contributed by atoms with Crippen molar-refractivity contribution in [2.45, 2.75) is 13.8 Å². The average molecular weight is 188 g/mol. The smallest absolute Gasteiger partial charge is 0.325 e. The summed E-state index contributed by atoms with van der Waals surface area (Å²) in [5.41, 5.74) is 5.56. The number of hydrogen-bond acceptors (Lipinski definition) is 3. The molecule has 0 atom stereocenters. The highest BCUT2D eigenvalue weighted by molar-refractivity contribution is 8.57. The first-order valence-corrected chi connectivity index (χ1v) is 5.77. The maximum Gasteiger partial charge on any atom is 0.325 e. The van der Waals surface area contributed by atoms with Gasteiger partial charge in [-0.15, -0.1) is 10.0 Å². The molecule has 1 aliphatic heterocycles. The predicted octanol–water partition coefficient (Wildman–Crippen LogP) is 0.212. The summed E-state index contributed by atoms with van der Waals surface area (Å²) in [5, 5.41) is -0.104. The monoisotopic (exact) mass is 188 g/mol. The molecule has 5 heteroatoms. The van der Waals surface area contributed by atoms with E-state index in [2.05, 4.69) is 4.99 Å². The molecule has 0 unspecified atom stereocenters. The SMILES string of the molecule is CCS1(CC)C(=O)C(=O)N=C1N. The van der Waals surface area contributed by atoms with Crippen LogP contribution in [0.4, 0.5) is 0 Å². The summed E-state index contributed by atoms with van der Waals surface area (Å²) in [6.45, 7) is 3.75. The molecule has 0 aliphatic carbocycles. The maximum absolute atomic E-state index is 11.4. The van der Waals surface area contributed by atoms with Crippen molar-refractivity contribution >= 4 is 26.2 Å². The highest BCUT2D eigenvalue weighted by Crippen LogP contribution is 2.51. The summed E-state index contributed by atoms with van der Waals surface area (Å²) in [5.74, 6) is 0.596. The molecule has 1 amide bonds. The number of aliphatic imine (C=N–C) groups is 1. The molecule has 12 heavy (non-hydrogen) atoms. The van der Waals surface area contributed by atoms with Gasteiger partial charge >= 0.3 is 5.91 Å². The third kappa shape index (κ3) is 0.964. The number of amides is 1. The van der Waals surface area contributed by atoms with Gasteiger partial charge in [-0.25, -0.2) is 0 Å². The van der Waals surface area contributed by atoms with E-state index in [0.29, 0.717) is 11.5 Å². The summed E-state index contributed by atoms with van der Waals surface area (Å²) in [7, 11) is -1.70. The van der Waals surface area contributed by atoms with E-state index >= 15 is 0 Å². The molecule has 1 rings (SSSR count). The van der Waals surface area contributed by atoms with Crippen LogP contribution in [0.5, 0.6) is 0 Å². The normalized spacial score (nSPS) is 24.0. The molecule has 1 heterocycles. The average Bonchev–Trinajstić information content (AvgIpc) is 2.26. The second-order valence-electron chi connectivity index (χ2n) is 2.50. The molecule has 0 saturated heterocycles. The molecule has 0 saturated carbocycles. The molecule has 0 bridgehead atoms. The van der Waals surface area contributed by atoms with Crippen LogP contribution in [-0.4, -0.2) is 27.7 Å². The first-order valence-electron chi connectivity index (χ1n) is 3.79. The number of carbonyl (C=O) groups is 2. The van der Waals surface area contributed by atoms with Gasteiger partial charge in [0.25, 0.3) is 5.12 Å². The molecule has 4 nitrogen and oxygen atoms in total. The van der Waals surface area contributed by atoms with Crippen molar-refractivity contribution < 1.29 is 9.59 Å². The quantitative estimate of drug-likeness (QED) is 0.630. The van der Waals surface area contributed by atoms with Crippen LogP contribution < -0.4 is 5.73 Å². The van der Waals surface area contributed by atoms with Crippen LogP contribution in [0.1, 0.15) is 13.8 Å². The standard InChI is InChI=1S/C7H12N2O2S/c1-3-12(4-2)6(11)5(10)9-7(12)8/h3-4H2,1-2H3,(H2,8,9,10). The molecular formula is C7H12N2O2S. The van der Waals surface area contributed by atoms with Gasteiger partial charge in [0.05, 0.1) is 0 Å². The second kappa shape index (κ2) is 2.90. The van der Waals surface area contributed by atoms with Crippen molar-refractivity contribution in [1.82, 2.24) is 0 Å². The van der Waals surface area contributed by atoms with Crippen molar-refractivity contribution in [3.8, 4) is 0 Å². The molecule has 0 aromatic carbocycles. The summed E-state index contributed by atoms with van der Waals surface area (Å²) in [4.78, 5) is 25.8. The lowest BCUT2D eigenvalue weighted by Gasteiger charge is -2.28. The topological polar surface area (TPSA) is 72.5 Å². The Morgan fingerprint density at radius 3 is 2.00 bits per heavy atom. The van der Waals surface area contributed by atoms with Crippen LogP contribution in [0, 0.1) is 0 Å². The van der Waals surface area contributed by atoms with E-state index in [4.69, 9.17) is 5.73 Å². The molecular weight excluding hydrogens is 176 g/mol. The fourth-order valence-corrected chi connectivity index (χ4v) is 3.61. The minimum atomic E-state index is -1.70. The van der Waals surface area contributed by atoms with E-state index < -0.39 is 15.9 Å². The molecule has 0 aromatic rings. The van der Waals surface area contributed by atoms with Gasteiger partial charge in [-0.1, -0.05) is 13.8 Å². The number of hydrogen-bond donors (Lipinski definition) is 1. The van der Waals surface area contributed by atoms with Crippen LogP contribution in [0.3, 0.4) is 0 Å². The Morgan fingerprint density at radius 1 is 1.33 bits per heavy atom. The zero-order valence-corrected chi connectivity index (χ0v) is 7.98. The Hall–Kier alpha value is -0.840. The molecule has 0 radical (unpaired) electrons. The van der Waals surface area contributed by atoms with Crippen molar-refractivity contribution in [3.63, 3.8) is 0 Å². The zero-order chi connectivity index (χ0) is 9.35. The van der Waals surface area contributed by atoms with Crippen LogP contribution in [-0.2, 0) is 9.59 Å². The summed E-state index contributed by atoms with van der Waals surface area (Å²) in [6, 6.07) is 0. The molecule has 0 fully saturated rings. The predicted molar refractivity (Wildman–Crippen MR) is 50.3 cm³/mol. The first-order chi connectivity index (χ1) is 5.58. The lowest BCUT2D eigenvalue weighted by atomic mass is 10.7. The largest absolute Gasteiger partial charge is 0.379 e. The van der Waals surface area contributed by atoms with Gasteiger partial charge in [0, 0.05) is 0 Å². The fourth-order valence-electron chi connectivity index (χ4n) is 1.26. The number of nitrogens with two attached hydrogens (primary N) is 1. The van der Waals surface area contributed by atoms with Gasteiger partial charge in [-0.2, -0.15) is 4.99 Å². The van der Waals surface area contributed by atoms with Crippen molar-refractivity contribution in [2.75, 3.05) is 11.5 Å². The molecule has 68 valence electrons. The third-order valence-electron chi connectivity index (χ3n) is 2.13. The van der Waals surface area contributed by atoms with Gasteiger partial charge in [0.15, 0.2) is 5.17 Å². The number of amidine groups is 1. The van der Waals surface area contributed by atoms with Crippen LogP contribution in [0.2, 0.25) is 0 Å². The minimum Gasteiger partial charge on any atom is -0.379 e. The van der Waals surface area contributed by atoms with Gasteiger partial charge < -0.3 is 5.73 Å². The Bertz CT molecular complexity index is 269. The van der Waals surface area contributed by atoms with Gasteiger partial charge in [0.1, 0.15) is 0 Å². The van der Waals surface area contributed by atoms with Crippen LogP contribution in [0.15, 0.2) is 4.99 Å². The first kappa shape index (κ1) is 9.25. The molecule has 2 N–H and O–H groups in total. The van der Waals surface area contributed by atoms with Gasteiger partial charge in [0.2, 0.25) is 0 Å². The lowest BCUT2D eigenvalue weighted by molar-refractivity contribution is -0.130. The minimum absolute atomic E-state index is 0.266. The van der Waals surface area contributed by atoms with Crippen molar-refractivity contribution in [3.05, 3.63) is 0 Å². The van der Waals surface area contributed by atoms with E-state index in [9.17, 15) is 9.59 Å². The second-order valence-corrected chi connectivity index (χ2v) is 6.21.